The van der Waals surface area contributed by atoms with Gasteiger partial charge in [0.05, 0.1) is 5.75 Å². The molecule has 7 nitrogen and oxygen atoms in total. The van der Waals surface area contributed by atoms with E-state index in [0.717, 1.165) is 45.0 Å². The van der Waals surface area contributed by atoms with Gasteiger partial charge in [0.2, 0.25) is 5.95 Å². The van der Waals surface area contributed by atoms with Crippen LogP contribution < -0.4 is 4.90 Å². The van der Waals surface area contributed by atoms with Crippen LogP contribution in [0.25, 0.3) is 0 Å². The number of nitrogens with zero attached hydrogens (tertiary/aromatic N) is 4. The Labute approximate surface area is 128 Å². The van der Waals surface area contributed by atoms with Crippen LogP contribution >= 0.6 is 11.8 Å². The van der Waals surface area contributed by atoms with E-state index in [1.54, 1.807) is 7.11 Å². The molecule has 0 aromatic carbocycles. The Morgan fingerprint density at radius 2 is 2.14 bits per heavy atom. The van der Waals surface area contributed by atoms with Gasteiger partial charge < -0.3 is 14.7 Å². The molecule has 0 spiro atoms. The Hall–Kier alpha value is -1.28. The molecule has 0 radical (unpaired) electrons. The second-order valence-corrected chi connectivity index (χ2v) is 6.04. The molecule has 8 heteroatoms. The van der Waals surface area contributed by atoms with Gasteiger partial charge in [-0.05, 0) is 25.7 Å². The molecule has 1 fully saturated rings. The van der Waals surface area contributed by atoms with Crippen molar-refractivity contribution in [3.63, 3.8) is 0 Å². The first-order valence-electron chi connectivity index (χ1n) is 7.17. The zero-order chi connectivity index (χ0) is 15.2. The maximum atomic E-state index is 10.7. The number of aromatic nitrogens is 3. The number of ether oxygens (including phenoxy) is 1. The Balaban J connectivity index is 2.01. The summed E-state index contributed by atoms with van der Waals surface area (Å²) in [5.74, 6) is 0.632. The molecule has 1 aromatic heterocycles. The monoisotopic (exact) mass is 314 g/mol. The summed E-state index contributed by atoms with van der Waals surface area (Å²) in [6.45, 7) is 5.46. The van der Waals surface area contributed by atoms with Crippen LogP contribution in [0.2, 0.25) is 0 Å². The average molecular weight is 314 g/mol. The van der Waals surface area contributed by atoms with Crippen LogP contribution in [-0.4, -0.2) is 58.4 Å². The van der Waals surface area contributed by atoms with Gasteiger partial charge in [-0.15, -0.1) is 10.2 Å². The third-order valence-electron chi connectivity index (χ3n) is 3.64. The fourth-order valence-electron chi connectivity index (χ4n) is 2.56. The lowest BCUT2D eigenvalue weighted by Crippen LogP contribution is -2.36. The minimum Gasteiger partial charge on any atom is -0.481 e. The molecule has 0 aliphatic carbocycles. The smallest absolute Gasteiger partial charge is 0.313 e. The van der Waals surface area contributed by atoms with Crippen LogP contribution in [0, 0.1) is 5.92 Å². The van der Waals surface area contributed by atoms with E-state index in [1.807, 2.05) is 11.5 Å². The molecule has 118 valence electrons. The number of aliphatic carboxylic acids is 1. The Bertz CT molecular complexity index is 472. The number of methoxy groups -OCH3 is 1. The van der Waals surface area contributed by atoms with Crippen molar-refractivity contribution in [2.45, 2.75) is 31.5 Å². The number of hydrogen-bond donors (Lipinski definition) is 1. The number of rotatable bonds is 7. The van der Waals surface area contributed by atoms with Gasteiger partial charge in [0.1, 0.15) is 0 Å². The molecule has 1 saturated heterocycles. The zero-order valence-electron chi connectivity index (χ0n) is 12.5. The van der Waals surface area contributed by atoms with E-state index in [1.165, 1.54) is 11.8 Å². The number of piperidine rings is 1. The first-order valence-corrected chi connectivity index (χ1v) is 8.16. The van der Waals surface area contributed by atoms with E-state index >= 15 is 0 Å². The normalized spacial score (nSPS) is 16.4. The van der Waals surface area contributed by atoms with E-state index in [0.29, 0.717) is 11.1 Å². The standard InChI is InChI=1S/C13H22N4O3S/c1-3-17-12(14-15-13(17)21-9-11(18)19)16-6-4-10(5-7-16)8-20-2/h10H,3-9H2,1-2H3,(H,18,19). The summed E-state index contributed by atoms with van der Waals surface area (Å²) in [6.07, 6.45) is 2.17. The summed E-state index contributed by atoms with van der Waals surface area (Å²) in [6, 6.07) is 0. The predicted molar refractivity (Wildman–Crippen MR) is 80.9 cm³/mol. The van der Waals surface area contributed by atoms with Crippen molar-refractivity contribution >= 4 is 23.7 Å². The fourth-order valence-corrected chi connectivity index (χ4v) is 3.28. The van der Waals surface area contributed by atoms with E-state index in [-0.39, 0.29) is 5.75 Å². The third kappa shape index (κ3) is 4.10. The molecule has 1 aliphatic rings. The quantitative estimate of drug-likeness (QED) is 0.761. The van der Waals surface area contributed by atoms with Crippen molar-refractivity contribution in [3.05, 3.63) is 0 Å². The Morgan fingerprint density at radius 1 is 1.43 bits per heavy atom. The number of hydrogen-bond acceptors (Lipinski definition) is 6. The molecule has 2 rings (SSSR count). The lowest BCUT2D eigenvalue weighted by atomic mass is 9.98. The molecule has 1 N–H and O–H groups in total. The first kappa shape index (κ1) is 16.1. The molecule has 0 atom stereocenters. The van der Waals surface area contributed by atoms with Crippen molar-refractivity contribution in [1.29, 1.82) is 0 Å². The van der Waals surface area contributed by atoms with Crippen LogP contribution in [0.4, 0.5) is 5.95 Å². The largest absolute Gasteiger partial charge is 0.481 e. The summed E-state index contributed by atoms with van der Waals surface area (Å²) in [7, 11) is 1.74. The average Bonchev–Trinajstić information content (AvgIpc) is 2.89. The molecule has 0 amide bonds. The van der Waals surface area contributed by atoms with Crippen molar-refractivity contribution in [2.24, 2.45) is 5.92 Å². The van der Waals surface area contributed by atoms with E-state index in [4.69, 9.17) is 9.84 Å². The van der Waals surface area contributed by atoms with Gasteiger partial charge in [-0.2, -0.15) is 0 Å². The molecule has 0 bridgehead atoms. The lowest BCUT2D eigenvalue weighted by molar-refractivity contribution is -0.133. The van der Waals surface area contributed by atoms with Gasteiger partial charge in [0, 0.05) is 33.4 Å². The summed E-state index contributed by atoms with van der Waals surface area (Å²) in [5, 5.41) is 17.8. The Kier molecular flexibility index (Phi) is 5.86. The van der Waals surface area contributed by atoms with Crippen LogP contribution in [-0.2, 0) is 16.1 Å². The van der Waals surface area contributed by atoms with E-state index in [9.17, 15) is 4.79 Å². The molecule has 1 aromatic rings. The van der Waals surface area contributed by atoms with E-state index < -0.39 is 5.97 Å². The second kappa shape index (κ2) is 7.65. The van der Waals surface area contributed by atoms with Crippen molar-refractivity contribution in [2.75, 3.05) is 37.5 Å². The highest BCUT2D eigenvalue weighted by Crippen LogP contribution is 2.26. The lowest BCUT2D eigenvalue weighted by Gasteiger charge is -2.32. The Morgan fingerprint density at radius 3 is 2.71 bits per heavy atom. The van der Waals surface area contributed by atoms with Gasteiger partial charge in [0.25, 0.3) is 0 Å². The van der Waals surface area contributed by atoms with Gasteiger partial charge in [-0.1, -0.05) is 11.8 Å². The SMILES string of the molecule is CCn1c(SCC(=O)O)nnc1N1CCC(COC)CC1. The summed E-state index contributed by atoms with van der Waals surface area (Å²) in [5.41, 5.74) is 0. The highest BCUT2D eigenvalue weighted by atomic mass is 32.2. The van der Waals surface area contributed by atoms with Crippen molar-refractivity contribution < 1.29 is 14.6 Å². The maximum absolute atomic E-state index is 10.7. The molecule has 1 aliphatic heterocycles. The first-order chi connectivity index (χ1) is 10.2. The molecule has 21 heavy (non-hydrogen) atoms. The topological polar surface area (TPSA) is 80.5 Å². The second-order valence-electron chi connectivity index (χ2n) is 5.10. The van der Waals surface area contributed by atoms with Crippen LogP contribution in [0.15, 0.2) is 5.16 Å². The minimum atomic E-state index is -0.840. The fraction of sp³-hybridized carbons (Fsp3) is 0.769. The van der Waals surface area contributed by atoms with Gasteiger partial charge >= 0.3 is 5.97 Å². The molecule has 0 saturated carbocycles. The minimum absolute atomic E-state index is 0.00798. The van der Waals surface area contributed by atoms with Gasteiger partial charge in [-0.3, -0.25) is 9.36 Å². The summed E-state index contributed by atoms with van der Waals surface area (Å²) < 4.78 is 7.21. The van der Waals surface area contributed by atoms with Gasteiger partial charge in [0.15, 0.2) is 5.16 Å². The van der Waals surface area contributed by atoms with Gasteiger partial charge in [-0.25, -0.2) is 0 Å². The molecule has 0 unspecified atom stereocenters. The number of carbonyl (C=O) groups is 1. The van der Waals surface area contributed by atoms with Crippen molar-refractivity contribution in [3.8, 4) is 0 Å². The zero-order valence-corrected chi connectivity index (χ0v) is 13.3. The van der Waals surface area contributed by atoms with Crippen LogP contribution in [0.5, 0.6) is 0 Å². The number of carboxylic acids is 1. The van der Waals surface area contributed by atoms with Crippen LogP contribution in [0.3, 0.4) is 0 Å². The predicted octanol–water partition coefficient (Wildman–Crippen LogP) is 1.34. The van der Waals surface area contributed by atoms with E-state index in [2.05, 4.69) is 15.1 Å². The molecular weight excluding hydrogens is 292 g/mol. The highest BCUT2D eigenvalue weighted by molar-refractivity contribution is 7.99. The summed E-state index contributed by atoms with van der Waals surface area (Å²) in [4.78, 5) is 12.9. The third-order valence-corrected chi connectivity index (χ3v) is 4.59. The number of anilines is 1. The van der Waals surface area contributed by atoms with Crippen LogP contribution in [0.1, 0.15) is 19.8 Å². The van der Waals surface area contributed by atoms with Crippen molar-refractivity contribution in [1.82, 2.24) is 14.8 Å². The maximum Gasteiger partial charge on any atom is 0.313 e. The number of carboxylic acid groups (broad SMARTS) is 1. The highest BCUT2D eigenvalue weighted by Gasteiger charge is 2.24. The molecule has 2 heterocycles. The summed E-state index contributed by atoms with van der Waals surface area (Å²) >= 11 is 1.22. The number of thioether (sulfide) groups is 1. The molecular formula is C13H22N4O3S.